The molecule has 0 bridgehead atoms. The lowest BCUT2D eigenvalue weighted by Crippen LogP contribution is -2.19. The average molecular weight is 288 g/mol. The van der Waals surface area contributed by atoms with Crippen LogP contribution in [0.3, 0.4) is 0 Å². The standard InChI is InChI=1S/C16H24N4O/c1-11(2)9-17-10-15-19-20-16(21-15)18-14-7-5-6-13(8-14)12(3)4/h5-8,11-12,17H,9-10H2,1-4H3,(H,18,20). The molecule has 0 saturated carbocycles. The molecule has 1 heterocycles. The van der Waals surface area contributed by atoms with Gasteiger partial charge in [-0.3, -0.25) is 0 Å². The number of nitrogens with zero attached hydrogens (tertiary/aromatic N) is 2. The summed E-state index contributed by atoms with van der Waals surface area (Å²) in [5.41, 5.74) is 2.24. The summed E-state index contributed by atoms with van der Waals surface area (Å²) in [6.07, 6.45) is 0. The van der Waals surface area contributed by atoms with Crippen LogP contribution < -0.4 is 10.6 Å². The highest BCUT2D eigenvalue weighted by Crippen LogP contribution is 2.21. The van der Waals surface area contributed by atoms with Gasteiger partial charge in [0.2, 0.25) is 5.89 Å². The van der Waals surface area contributed by atoms with Crippen LogP contribution in [0.1, 0.15) is 45.1 Å². The van der Waals surface area contributed by atoms with Crippen molar-refractivity contribution in [3.63, 3.8) is 0 Å². The highest BCUT2D eigenvalue weighted by molar-refractivity contribution is 5.53. The Morgan fingerprint density at radius 3 is 2.67 bits per heavy atom. The van der Waals surface area contributed by atoms with Gasteiger partial charge in [-0.05, 0) is 36.1 Å². The predicted octanol–water partition coefficient (Wildman–Crippen LogP) is 3.68. The molecule has 0 saturated heterocycles. The molecule has 5 nitrogen and oxygen atoms in total. The van der Waals surface area contributed by atoms with Crippen LogP contribution in [-0.2, 0) is 6.54 Å². The molecule has 0 aliphatic heterocycles. The number of nitrogens with one attached hydrogen (secondary N) is 2. The number of hydrogen-bond donors (Lipinski definition) is 2. The summed E-state index contributed by atoms with van der Waals surface area (Å²) < 4.78 is 5.57. The van der Waals surface area contributed by atoms with E-state index in [9.17, 15) is 0 Å². The Labute approximate surface area is 126 Å². The molecule has 21 heavy (non-hydrogen) atoms. The fraction of sp³-hybridized carbons (Fsp3) is 0.500. The zero-order valence-corrected chi connectivity index (χ0v) is 13.2. The van der Waals surface area contributed by atoms with Crippen LogP contribution in [0.2, 0.25) is 0 Å². The first-order valence-corrected chi connectivity index (χ1v) is 7.44. The zero-order chi connectivity index (χ0) is 15.2. The van der Waals surface area contributed by atoms with Crippen LogP contribution in [0.5, 0.6) is 0 Å². The summed E-state index contributed by atoms with van der Waals surface area (Å²) in [5.74, 6) is 1.69. The molecular formula is C16H24N4O. The third-order valence-electron chi connectivity index (χ3n) is 3.10. The molecule has 0 amide bonds. The van der Waals surface area contributed by atoms with Gasteiger partial charge in [-0.15, -0.1) is 5.10 Å². The smallest absolute Gasteiger partial charge is 0.320 e. The van der Waals surface area contributed by atoms with E-state index in [0.29, 0.717) is 30.3 Å². The topological polar surface area (TPSA) is 63.0 Å². The van der Waals surface area contributed by atoms with Crippen molar-refractivity contribution in [1.82, 2.24) is 15.5 Å². The lowest BCUT2D eigenvalue weighted by atomic mass is 10.0. The first kappa shape index (κ1) is 15.5. The van der Waals surface area contributed by atoms with Crippen molar-refractivity contribution < 1.29 is 4.42 Å². The van der Waals surface area contributed by atoms with Crippen LogP contribution >= 0.6 is 0 Å². The van der Waals surface area contributed by atoms with Gasteiger partial charge in [0.05, 0.1) is 6.54 Å². The average Bonchev–Trinajstić information content (AvgIpc) is 2.86. The molecule has 2 N–H and O–H groups in total. The lowest BCUT2D eigenvalue weighted by Gasteiger charge is -2.07. The SMILES string of the molecule is CC(C)CNCc1nnc(Nc2cccc(C(C)C)c2)o1. The third-order valence-corrected chi connectivity index (χ3v) is 3.10. The third kappa shape index (κ3) is 4.86. The molecule has 0 radical (unpaired) electrons. The fourth-order valence-electron chi connectivity index (χ4n) is 1.94. The Morgan fingerprint density at radius 1 is 1.14 bits per heavy atom. The van der Waals surface area contributed by atoms with Crippen LogP contribution in [0.25, 0.3) is 0 Å². The van der Waals surface area contributed by atoms with Crippen LogP contribution in [0.4, 0.5) is 11.7 Å². The summed E-state index contributed by atoms with van der Waals surface area (Å²) in [4.78, 5) is 0. The van der Waals surface area contributed by atoms with Crippen LogP contribution in [-0.4, -0.2) is 16.7 Å². The number of aromatic nitrogens is 2. The fourth-order valence-corrected chi connectivity index (χ4v) is 1.94. The van der Waals surface area contributed by atoms with Gasteiger partial charge >= 0.3 is 6.01 Å². The molecule has 0 atom stereocenters. The molecule has 5 heteroatoms. The summed E-state index contributed by atoms with van der Waals surface area (Å²) in [7, 11) is 0. The minimum Gasteiger partial charge on any atom is -0.406 e. The second kappa shape index (κ2) is 7.22. The summed E-state index contributed by atoms with van der Waals surface area (Å²) >= 11 is 0. The monoisotopic (exact) mass is 288 g/mol. The van der Waals surface area contributed by atoms with E-state index in [2.05, 4.69) is 60.7 Å². The second-order valence-corrected chi connectivity index (χ2v) is 5.93. The lowest BCUT2D eigenvalue weighted by molar-refractivity contribution is 0.460. The molecule has 0 spiro atoms. The molecular weight excluding hydrogens is 264 g/mol. The Hall–Kier alpha value is -1.88. The van der Waals surface area contributed by atoms with E-state index in [-0.39, 0.29) is 0 Å². The van der Waals surface area contributed by atoms with Gasteiger partial charge in [0.1, 0.15) is 0 Å². The molecule has 1 aromatic heterocycles. The Balaban J connectivity index is 1.94. The summed E-state index contributed by atoms with van der Waals surface area (Å²) in [5, 5.41) is 14.5. The van der Waals surface area contributed by atoms with Crippen LogP contribution in [0.15, 0.2) is 28.7 Å². The van der Waals surface area contributed by atoms with Gasteiger partial charge < -0.3 is 15.1 Å². The number of benzene rings is 1. The second-order valence-electron chi connectivity index (χ2n) is 5.93. The van der Waals surface area contributed by atoms with E-state index in [1.807, 2.05) is 12.1 Å². The maximum atomic E-state index is 5.57. The zero-order valence-electron chi connectivity index (χ0n) is 13.2. The Kier molecular flexibility index (Phi) is 5.33. The van der Waals surface area contributed by atoms with E-state index >= 15 is 0 Å². The van der Waals surface area contributed by atoms with E-state index in [1.165, 1.54) is 5.56 Å². The minimum absolute atomic E-state index is 0.428. The van der Waals surface area contributed by atoms with Gasteiger partial charge in [0.25, 0.3) is 0 Å². The number of rotatable bonds is 7. The highest BCUT2D eigenvalue weighted by atomic mass is 16.4. The van der Waals surface area contributed by atoms with Crippen molar-refractivity contribution in [2.45, 2.75) is 40.2 Å². The largest absolute Gasteiger partial charge is 0.406 e. The van der Waals surface area contributed by atoms with Gasteiger partial charge in [-0.25, -0.2) is 0 Å². The maximum Gasteiger partial charge on any atom is 0.320 e. The minimum atomic E-state index is 0.428. The molecule has 0 unspecified atom stereocenters. The normalized spacial score (nSPS) is 11.3. The predicted molar refractivity (Wildman–Crippen MR) is 84.7 cm³/mol. The molecule has 1 aromatic carbocycles. The quantitative estimate of drug-likeness (QED) is 0.813. The highest BCUT2D eigenvalue weighted by Gasteiger charge is 2.07. The van der Waals surface area contributed by atoms with E-state index in [1.54, 1.807) is 0 Å². The Bertz CT molecular complexity index is 563. The molecule has 0 aliphatic carbocycles. The molecule has 0 aliphatic rings. The van der Waals surface area contributed by atoms with Gasteiger partial charge in [0.15, 0.2) is 0 Å². The van der Waals surface area contributed by atoms with Crippen molar-refractivity contribution in [1.29, 1.82) is 0 Å². The van der Waals surface area contributed by atoms with Gasteiger partial charge in [-0.2, -0.15) is 0 Å². The summed E-state index contributed by atoms with van der Waals surface area (Å²) in [6.45, 7) is 10.2. The maximum absolute atomic E-state index is 5.57. The molecule has 114 valence electrons. The van der Waals surface area contributed by atoms with Crippen LogP contribution in [0, 0.1) is 5.92 Å². The number of hydrogen-bond acceptors (Lipinski definition) is 5. The first-order valence-electron chi connectivity index (χ1n) is 7.44. The van der Waals surface area contributed by atoms with Crippen molar-refractivity contribution in [2.75, 3.05) is 11.9 Å². The molecule has 2 aromatic rings. The summed E-state index contributed by atoms with van der Waals surface area (Å²) in [6, 6.07) is 8.67. The van der Waals surface area contributed by atoms with E-state index in [0.717, 1.165) is 12.2 Å². The van der Waals surface area contributed by atoms with Gasteiger partial charge in [0, 0.05) is 5.69 Å². The first-order chi connectivity index (χ1) is 10.0. The molecule has 0 fully saturated rings. The van der Waals surface area contributed by atoms with Crippen molar-refractivity contribution in [3.8, 4) is 0 Å². The molecule has 2 rings (SSSR count). The van der Waals surface area contributed by atoms with Crippen molar-refractivity contribution >= 4 is 11.7 Å². The van der Waals surface area contributed by atoms with Crippen molar-refractivity contribution in [2.24, 2.45) is 5.92 Å². The van der Waals surface area contributed by atoms with E-state index < -0.39 is 0 Å². The van der Waals surface area contributed by atoms with Crippen molar-refractivity contribution in [3.05, 3.63) is 35.7 Å². The Morgan fingerprint density at radius 2 is 1.95 bits per heavy atom. The van der Waals surface area contributed by atoms with Gasteiger partial charge in [-0.1, -0.05) is 44.9 Å². The van der Waals surface area contributed by atoms with E-state index in [4.69, 9.17) is 4.42 Å². The number of anilines is 2.